The predicted molar refractivity (Wildman–Crippen MR) is 151 cm³/mol. The number of carbonyl (C=O) groups is 3. The molecule has 0 spiro atoms. The third-order valence-electron chi connectivity index (χ3n) is 7.50. The fourth-order valence-electron chi connectivity index (χ4n) is 5.19. The van der Waals surface area contributed by atoms with E-state index in [0.717, 1.165) is 57.8 Å². The van der Waals surface area contributed by atoms with Crippen LogP contribution in [-0.2, 0) is 25.5 Å². The zero-order chi connectivity index (χ0) is 29.5. The average Bonchev–Trinajstić information content (AvgIpc) is 3.28. The van der Waals surface area contributed by atoms with Crippen molar-refractivity contribution >= 4 is 23.3 Å². The molecule has 0 radical (unpaired) electrons. The topological polar surface area (TPSA) is 156 Å². The van der Waals surface area contributed by atoms with E-state index in [1.165, 1.54) is 25.3 Å². The van der Waals surface area contributed by atoms with Gasteiger partial charge in [-0.25, -0.2) is 4.79 Å². The monoisotopic (exact) mass is 560 g/mol. The molecule has 1 amide bonds. The summed E-state index contributed by atoms with van der Waals surface area (Å²) in [7, 11) is 1.20. The van der Waals surface area contributed by atoms with Crippen molar-refractivity contribution in [1.29, 1.82) is 0 Å². The van der Waals surface area contributed by atoms with Crippen LogP contribution in [0.5, 0.6) is 5.75 Å². The number of nitro groups is 1. The van der Waals surface area contributed by atoms with Crippen LogP contribution in [0.3, 0.4) is 0 Å². The van der Waals surface area contributed by atoms with Crippen LogP contribution in [0.4, 0.5) is 5.69 Å². The fraction of sp³-hybridized carbons (Fsp3) is 0.633. The largest absolute Gasteiger partial charge is 0.502 e. The molecule has 0 aliphatic heterocycles. The van der Waals surface area contributed by atoms with E-state index in [-0.39, 0.29) is 30.6 Å². The van der Waals surface area contributed by atoms with Gasteiger partial charge in [0.15, 0.2) is 5.75 Å². The number of carbonyl (C=O) groups excluding carboxylic acids is 3. The molecule has 10 nitrogen and oxygen atoms in total. The normalized spacial score (nSPS) is 18.5. The number of phenols is 1. The van der Waals surface area contributed by atoms with Crippen LogP contribution >= 0.6 is 0 Å². The molecule has 0 heterocycles. The Labute approximate surface area is 236 Å². The minimum atomic E-state index is -1.01. The number of phenolic OH excluding ortho intramolecular Hbond substituents is 1. The number of esters is 1. The molecule has 0 aromatic heterocycles. The summed E-state index contributed by atoms with van der Waals surface area (Å²) in [5.74, 6) is -0.987. The van der Waals surface area contributed by atoms with Gasteiger partial charge in [-0.2, -0.15) is 0 Å². The van der Waals surface area contributed by atoms with Crippen LogP contribution in [0.1, 0.15) is 89.5 Å². The Kier molecular flexibility index (Phi) is 14.4. The number of aliphatic hydroxyl groups excluding tert-OH is 1. The molecule has 4 unspecified atom stereocenters. The van der Waals surface area contributed by atoms with E-state index < -0.39 is 34.5 Å². The summed E-state index contributed by atoms with van der Waals surface area (Å²) in [6.45, 7) is 2.13. The zero-order valence-electron chi connectivity index (χ0n) is 23.7. The van der Waals surface area contributed by atoms with E-state index in [1.54, 1.807) is 0 Å². The average molecular weight is 561 g/mol. The molecule has 1 aliphatic rings. The number of aromatic hydroxyl groups is 1. The standard InChI is InChI=1S/C30H44N2O8/c1-3-4-7-10-23(33)16-14-22-15-18-27(34)24(22)11-8-5-6-9-12-29(36)31-25(30(37)40-2)19-21-13-17-28(35)26(20-21)32(38)39/h13-14,16-17,20,22-25,33,35H,3-12,15,18-19H2,1-2H3,(H,31,36). The number of nitrogens with one attached hydrogen (secondary N) is 1. The summed E-state index contributed by atoms with van der Waals surface area (Å²) >= 11 is 0. The molecule has 0 saturated heterocycles. The number of ether oxygens (including phenoxy) is 1. The number of Topliss-reactive ketones (excluding diaryl/α,β-unsaturated/α-hetero) is 1. The number of benzene rings is 1. The molecule has 0 bridgehead atoms. The van der Waals surface area contributed by atoms with Gasteiger partial charge in [0.05, 0.1) is 18.1 Å². The van der Waals surface area contributed by atoms with Gasteiger partial charge in [-0.1, -0.05) is 63.7 Å². The van der Waals surface area contributed by atoms with Crippen LogP contribution < -0.4 is 5.32 Å². The first-order chi connectivity index (χ1) is 19.2. The first-order valence-corrected chi connectivity index (χ1v) is 14.4. The molecule has 222 valence electrons. The van der Waals surface area contributed by atoms with Crippen molar-refractivity contribution in [3.8, 4) is 5.75 Å². The van der Waals surface area contributed by atoms with Crippen LogP contribution in [0.2, 0.25) is 0 Å². The second-order valence-corrected chi connectivity index (χ2v) is 10.6. The smallest absolute Gasteiger partial charge is 0.328 e. The first-order valence-electron chi connectivity index (χ1n) is 14.4. The number of hydrogen-bond donors (Lipinski definition) is 3. The van der Waals surface area contributed by atoms with E-state index in [1.807, 2.05) is 12.2 Å². The number of amides is 1. The van der Waals surface area contributed by atoms with E-state index in [2.05, 4.69) is 12.2 Å². The quantitative estimate of drug-likeness (QED) is 0.0750. The van der Waals surface area contributed by atoms with Crippen molar-refractivity contribution in [2.45, 2.75) is 103 Å². The summed E-state index contributed by atoms with van der Waals surface area (Å²) < 4.78 is 4.78. The Morgan fingerprint density at radius 2 is 1.95 bits per heavy atom. The van der Waals surface area contributed by atoms with E-state index in [4.69, 9.17) is 4.74 Å². The first kappa shape index (κ1) is 32.9. The Bertz CT molecular complexity index is 1020. The number of rotatable bonds is 18. The molecule has 1 saturated carbocycles. The lowest BCUT2D eigenvalue weighted by Crippen LogP contribution is -2.43. The molecule has 3 N–H and O–H groups in total. The van der Waals surface area contributed by atoms with Crippen molar-refractivity contribution < 1.29 is 34.3 Å². The molecular formula is C30H44N2O8. The fourth-order valence-corrected chi connectivity index (χ4v) is 5.19. The highest BCUT2D eigenvalue weighted by Crippen LogP contribution is 2.34. The van der Waals surface area contributed by atoms with Crippen molar-refractivity contribution in [1.82, 2.24) is 5.32 Å². The van der Waals surface area contributed by atoms with Gasteiger partial charge in [0.2, 0.25) is 5.91 Å². The van der Waals surface area contributed by atoms with Gasteiger partial charge in [0, 0.05) is 31.2 Å². The van der Waals surface area contributed by atoms with Gasteiger partial charge in [0.1, 0.15) is 11.8 Å². The van der Waals surface area contributed by atoms with Crippen molar-refractivity contribution in [2.24, 2.45) is 11.8 Å². The van der Waals surface area contributed by atoms with Gasteiger partial charge < -0.3 is 20.3 Å². The number of methoxy groups -OCH3 is 1. The molecule has 1 aliphatic carbocycles. The van der Waals surface area contributed by atoms with Gasteiger partial charge in [0.25, 0.3) is 0 Å². The number of aliphatic hydroxyl groups is 1. The number of allylic oxidation sites excluding steroid dienone is 1. The SMILES string of the molecule is CCCCCC(O)C=CC1CCC(=O)C1CCCCCCC(=O)NC(Cc1ccc(O)c([N+](=O)[O-])c1)C(=O)OC. The second kappa shape index (κ2) is 17.4. The Hall–Kier alpha value is -3.27. The molecule has 2 rings (SSSR count). The van der Waals surface area contributed by atoms with Crippen LogP contribution in [0.25, 0.3) is 0 Å². The molecular weight excluding hydrogens is 516 g/mol. The van der Waals surface area contributed by atoms with Gasteiger partial charge in [-0.15, -0.1) is 0 Å². The van der Waals surface area contributed by atoms with Crippen LogP contribution in [0.15, 0.2) is 30.4 Å². The molecule has 40 heavy (non-hydrogen) atoms. The third kappa shape index (κ3) is 11.1. The summed E-state index contributed by atoms with van der Waals surface area (Å²) in [6.07, 6.45) is 13.0. The molecule has 4 atom stereocenters. The highest BCUT2D eigenvalue weighted by atomic mass is 16.6. The Balaban J connectivity index is 1.74. The summed E-state index contributed by atoms with van der Waals surface area (Å²) in [5, 5.41) is 33.5. The van der Waals surface area contributed by atoms with Gasteiger partial charge >= 0.3 is 11.7 Å². The van der Waals surface area contributed by atoms with Gasteiger partial charge in [-0.3, -0.25) is 19.7 Å². The summed E-state index contributed by atoms with van der Waals surface area (Å²) in [4.78, 5) is 47.5. The highest BCUT2D eigenvalue weighted by molar-refractivity contribution is 5.85. The second-order valence-electron chi connectivity index (χ2n) is 10.6. The molecule has 1 aromatic rings. The number of hydrogen-bond acceptors (Lipinski definition) is 8. The lowest BCUT2D eigenvalue weighted by molar-refractivity contribution is -0.385. The third-order valence-corrected chi connectivity index (χ3v) is 7.50. The van der Waals surface area contributed by atoms with E-state index >= 15 is 0 Å². The lowest BCUT2D eigenvalue weighted by Gasteiger charge is -2.17. The number of unbranched alkanes of at least 4 members (excludes halogenated alkanes) is 5. The maximum absolute atomic E-state index is 12.5. The van der Waals surface area contributed by atoms with Crippen LogP contribution in [0, 0.1) is 22.0 Å². The minimum Gasteiger partial charge on any atom is -0.502 e. The Morgan fingerprint density at radius 3 is 2.65 bits per heavy atom. The zero-order valence-corrected chi connectivity index (χ0v) is 23.7. The molecule has 1 aromatic carbocycles. The highest BCUT2D eigenvalue weighted by Gasteiger charge is 2.32. The van der Waals surface area contributed by atoms with Crippen molar-refractivity contribution in [2.75, 3.05) is 7.11 Å². The number of ketones is 1. The lowest BCUT2D eigenvalue weighted by atomic mass is 9.89. The van der Waals surface area contributed by atoms with E-state index in [0.29, 0.717) is 24.2 Å². The van der Waals surface area contributed by atoms with Crippen molar-refractivity contribution in [3.63, 3.8) is 0 Å². The maximum atomic E-state index is 12.5. The Morgan fingerprint density at radius 1 is 1.20 bits per heavy atom. The molecule has 10 heteroatoms. The maximum Gasteiger partial charge on any atom is 0.328 e. The number of nitrogens with zero attached hydrogens (tertiary/aromatic N) is 1. The summed E-state index contributed by atoms with van der Waals surface area (Å²) in [6, 6.07) is 2.79. The van der Waals surface area contributed by atoms with Crippen LogP contribution in [-0.4, -0.2) is 52.1 Å². The van der Waals surface area contributed by atoms with Crippen molar-refractivity contribution in [3.05, 3.63) is 46.0 Å². The summed E-state index contributed by atoms with van der Waals surface area (Å²) in [5.41, 5.74) is -0.0742. The predicted octanol–water partition coefficient (Wildman–Crippen LogP) is 4.93. The van der Waals surface area contributed by atoms with E-state index in [9.17, 15) is 34.7 Å². The number of nitro benzene ring substituents is 1. The van der Waals surface area contributed by atoms with Gasteiger partial charge in [-0.05, 0) is 43.2 Å². The molecule has 1 fully saturated rings. The minimum absolute atomic E-state index is 0.000992.